The summed E-state index contributed by atoms with van der Waals surface area (Å²) in [5.41, 5.74) is 5.98. The first kappa shape index (κ1) is 29.6. The summed E-state index contributed by atoms with van der Waals surface area (Å²) in [5.74, 6) is 1.65. The third-order valence-electron chi connectivity index (χ3n) is 7.20. The number of carbonyl (C=O) groups is 1. The van der Waals surface area contributed by atoms with E-state index in [1.807, 2.05) is 116 Å². The Morgan fingerprint density at radius 2 is 1.33 bits per heavy atom. The second-order valence-electron chi connectivity index (χ2n) is 10.5. The second-order valence-corrected chi connectivity index (χ2v) is 10.5. The number of esters is 1. The minimum absolute atomic E-state index is 0.278. The Morgan fingerprint density at radius 3 is 2.02 bits per heavy atom. The molecule has 1 heterocycles. The lowest BCUT2D eigenvalue weighted by atomic mass is 9.98. The van der Waals surface area contributed by atoms with Gasteiger partial charge in [-0.15, -0.1) is 0 Å². The van der Waals surface area contributed by atoms with Crippen LogP contribution in [0.15, 0.2) is 115 Å². The molecule has 218 valence electrons. The minimum atomic E-state index is -0.390. The summed E-state index contributed by atoms with van der Waals surface area (Å²) >= 11 is 0. The average molecular weight is 572 g/mol. The SMILES string of the molecule is CCCc1nc(Cc2cccc(Oc3ccccc3)c2)c(C)c(C(=O)OCCc2ccccc2)c1OCc1ccccc1. The fourth-order valence-corrected chi connectivity index (χ4v) is 4.98. The molecule has 5 aromatic rings. The molecule has 0 fully saturated rings. The molecule has 0 unspecified atom stereocenters. The Hall–Kier alpha value is -4.90. The maximum absolute atomic E-state index is 13.8. The summed E-state index contributed by atoms with van der Waals surface area (Å²) in [4.78, 5) is 18.8. The normalized spacial score (nSPS) is 10.7. The van der Waals surface area contributed by atoms with E-state index in [-0.39, 0.29) is 6.61 Å². The van der Waals surface area contributed by atoms with E-state index in [1.165, 1.54) is 0 Å². The molecule has 0 aliphatic rings. The van der Waals surface area contributed by atoms with Crippen molar-refractivity contribution in [2.45, 2.75) is 46.1 Å². The maximum atomic E-state index is 13.8. The van der Waals surface area contributed by atoms with E-state index >= 15 is 0 Å². The van der Waals surface area contributed by atoms with Crippen LogP contribution in [0.4, 0.5) is 0 Å². The molecule has 0 atom stereocenters. The van der Waals surface area contributed by atoms with Gasteiger partial charge in [0.25, 0.3) is 0 Å². The Bertz CT molecular complexity index is 1620. The van der Waals surface area contributed by atoms with Gasteiger partial charge in [-0.05, 0) is 59.9 Å². The van der Waals surface area contributed by atoms with E-state index in [0.29, 0.717) is 37.2 Å². The van der Waals surface area contributed by atoms with Crippen LogP contribution in [0.2, 0.25) is 0 Å². The number of carbonyl (C=O) groups excluding carboxylic acids is 1. The van der Waals surface area contributed by atoms with Crippen LogP contribution < -0.4 is 9.47 Å². The van der Waals surface area contributed by atoms with Crippen molar-refractivity contribution in [1.82, 2.24) is 4.98 Å². The smallest absolute Gasteiger partial charge is 0.342 e. The fraction of sp³-hybridized carbons (Fsp3) is 0.211. The topological polar surface area (TPSA) is 57.7 Å². The standard InChI is InChI=1S/C38H37NO4/c1-3-14-34-37(42-27-30-17-9-5-10-18-30)36(38(40)41-24-23-29-15-7-4-8-16-29)28(2)35(39-34)26-31-19-13-22-33(25-31)43-32-20-11-6-12-21-32/h4-13,15-22,25H,3,14,23-24,26-27H2,1-2H3. The highest BCUT2D eigenvalue weighted by Gasteiger charge is 2.25. The first-order chi connectivity index (χ1) is 21.1. The van der Waals surface area contributed by atoms with Crippen LogP contribution in [0.1, 0.15) is 57.3 Å². The molecule has 4 aromatic carbocycles. The van der Waals surface area contributed by atoms with Gasteiger partial charge in [0.2, 0.25) is 0 Å². The number of ether oxygens (including phenoxy) is 3. The van der Waals surface area contributed by atoms with Crippen LogP contribution in [0.3, 0.4) is 0 Å². The molecule has 0 aliphatic carbocycles. The second kappa shape index (κ2) is 14.8. The number of hydrogen-bond acceptors (Lipinski definition) is 5. The van der Waals surface area contributed by atoms with Crippen molar-refractivity contribution >= 4 is 5.97 Å². The van der Waals surface area contributed by atoms with Crippen LogP contribution in [0.25, 0.3) is 0 Å². The molecule has 0 amide bonds. The number of para-hydroxylation sites is 1. The molecule has 0 saturated heterocycles. The first-order valence-corrected chi connectivity index (χ1v) is 14.8. The summed E-state index contributed by atoms with van der Waals surface area (Å²) in [6, 6.07) is 37.7. The molecule has 5 rings (SSSR count). The number of aryl methyl sites for hydroxylation is 1. The van der Waals surface area contributed by atoms with E-state index in [2.05, 4.69) is 13.0 Å². The molecular formula is C38H37NO4. The molecule has 5 nitrogen and oxygen atoms in total. The van der Waals surface area contributed by atoms with E-state index in [9.17, 15) is 4.79 Å². The Labute approximate surface area is 254 Å². The first-order valence-electron chi connectivity index (χ1n) is 14.8. The van der Waals surface area contributed by atoms with Crippen molar-refractivity contribution in [3.63, 3.8) is 0 Å². The van der Waals surface area contributed by atoms with Crippen molar-refractivity contribution in [2.24, 2.45) is 0 Å². The number of aromatic nitrogens is 1. The number of benzene rings is 4. The van der Waals surface area contributed by atoms with Gasteiger partial charge in [-0.2, -0.15) is 0 Å². The van der Waals surface area contributed by atoms with Crippen molar-refractivity contribution < 1.29 is 19.0 Å². The van der Waals surface area contributed by atoms with Gasteiger partial charge in [0.1, 0.15) is 23.7 Å². The van der Waals surface area contributed by atoms with Gasteiger partial charge >= 0.3 is 5.97 Å². The number of nitrogens with zero attached hydrogens (tertiary/aromatic N) is 1. The van der Waals surface area contributed by atoms with E-state index in [4.69, 9.17) is 19.2 Å². The molecule has 43 heavy (non-hydrogen) atoms. The van der Waals surface area contributed by atoms with Gasteiger partial charge in [0.05, 0.1) is 12.3 Å². The van der Waals surface area contributed by atoms with Crippen molar-refractivity contribution in [3.8, 4) is 17.2 Å². The minimum Gasteiger partial charge on any atom is -0.486 e. The van der Waals surface area contributed by atoms with E-state index in [1.54, 1.807) is 0 Å². The Balaban J connectivity index is 1.45. The van der Waals surface area contributed by atoms with Crippen molar-refractivity contribution in [2.75, 3.05) is 6.61 Å². The number of rotatable bonds is 13. The van der Waals surface area contributed by atoms with Gasteiger partial charge in [-0.3, -0.25) is 4.98 Å². The van der Waals surface area contributed by atoms with Gasteiger partial charge < -0.3 is 14.2 Å². The van der Waals surface area contributed by atoms with Gasteiger partial charge in [-0.25, -0.2) is 4.79 Å². The molecule has 5 heteroatoms. The molecular weight excluding hydrogens is 534 g/mol. The van der Waals surface area contributed by atoms with E-state index < -0.39 is 5.97 Å². The third-order valence-corrected chi connectivity index (χ3v) is 7.20. The third kappa shape index (κ3) is 8.10. The fourth-order valence-electron chi connectivity index (χ4n) is 4.98. The van der Waals surface area contributed by atoms with Crippen LogP contribution in [-0.2, 0) is 30.6 Å². The van der Waals surface area contributed by atoms with Crippen LogP contribution >= 0.6 is 0 Å². The van der Waals surface area contributed by atoms with Gasteiger partial charge in [0, 0.05) is 18.5 Å². The molecule has 0 spiro atoms. The molecule has 0 bridgehead atoms. The Kier molecular flexibility index (Phi) is 10.2. The highest BCUT2D eigenvalue weighted by atomic mass is 16.5. The highest BCUT2D eigenvalue weighted by molar-refractivity contribution is 5.95. The quantitative estimate of drug-likeness (QED) is 0.132. The zero-order valence-corrected chi connectivity index (χ0v) is 24.8. The van der Waals surface area contributed by atoms with E-state index in [0.717, 1.165) is 51.6 Å². The highest BCUT2D eigenvalue weighted by Crippen LogP contribution is 2.32. The van der Waals surface area contributed by atoms with Crippen LogP contribution in [0.5, 0.6) is 17.2 Å². The monoisotopic (exact) mass is 571 g/mol. The molecule has 1 aromatic heterocycles. The largest absolute Gasteiger partial charge is 0.486 e. The van der Waals surface area contributed by atoms with Gasteiger partial charge in [0.15, 0.2) is 5.75 Å². The Morgan fingerprint density at radius 1 is 0.698 bits per heavy atom. The predicted octanol–water partition coefficient (Wildman–Crippen LogP) is 8.70. The lowest BCUT2D eigenvalue weighted by molar-refractivity contribution is 0.0502. The molecule has 0 saturated carbocycles. The molecule has 0 N–H and O–H groups in total. The molecule has 0 aliphatic heterocycles. The van der Waals surface area contributed by atoms with Crippen molar-refractivity contribution in [1.29, 1.82) is 0 Å². The lowest BCUT2D eigenvalue weighted by Gasteiger charge is -2.20. The molecule has 0 radical (unpaired) electrons. The number of pyridine rings is 1. The maximum Gasteiger partial charge on any atom is 0.342 e. The summed E-state index contributed by atoms with van der Waals surface area (Å²) in [6.07, 6.45) is 2.72. The predicted molar refractivity (Wildman–Crippen MR) is 170 cm³/mol. The summed E-state index contributed by atoms with van der Waals surface area (Å²) in [5, 5.41) is 0. The lowest BCUT2D eigenvalue weighted by Crippen LogP contribution is -2.17. The van der Waals surface area contributed by atoms with Crippen molar-refractivity contribution in [3.05, 3.63) is 154 Å². The summed E-state index contributed by atoms with van der Waals surface area (Å²) < 4.78 is 18.3. The van der Waals surface area contributed by atoms with Gasteiger partial charge in [-0.1, -0.05) is 104 Å². The number of hydrogen-bond donors (Lipinski definition) is 0. The zero-order valence-electron chi connectivity index (χ0n) is 24.8. The summed E-state index contributed by atoms with van der Waals surface area (Å²) in [6.45, 7) is 4.65. The average Bonchev–Trinajstić information content (AvgIpc) is 3.03. The van der Waals surface area contributed by atoms with Crippen LogP contribution in [-0.4, -0.2) is 17.6 Å². The zero-order chi connectivity index (χ0) is 29.9. The van der Waals surface area contributed by atoms with Crippen LogP contribution in [0, 0.1) is 6.92 Å². The summed E-state index contributed by atoms with van der Waals surface area (Å²) in [7, 11) is 0.